The lowest BCUT2D eigenvalue weighted by atomic mass is 9.76. The van der Waals surface area contributed by atoms with E-state index in [0.29, 0.717) is 0 Å². The first-order chi connectivity index (χ1) is 6.99. The normalized spacial score (nSPS) is 29.7. The van der Waals surface area contributed by atoms with Crippen LogP contribution in [-0.4, -0.2) is 16.7 Å². The summed E-state index contributed by atoms with van der Waals surface area (Å²) in [6.07, 6.45) is 1.71. The average Bonchev–Trinajstić information content (AvgIpc) is 2.18. The topological polar surface area (TPSA) is 32.3 Å². The van der Waals surface area contributed by atoms with Gasteiger partial charge in [0.25, 0.3) is 0 Å². The lowest BCUT2D eigenvalue weighted by Crippen LogP contribution is -2.53. The maximum Gasteiger partial charge on any atom is 0.141 e. The van der Waals surface area contributed by atoms with Crippen LogP contribution in [0.4, 0.5) is 10.1 Å². The molecule has 2 atom stereocenters. The molecule has 0 saturated heterocycles. The fraction of sp³-hybridized carbons (Fsp3) is 0.455. The molecule has 2 nitrogen and oxygen atoms in total. The van der Waals surface area contributed by atoms with Crippen LogP contribution in [-0.2, 0) is 0 Å². The van der Waals surface area contributed by atoms with Gasteiger partial charge in [0.1, 0.15) is 5.82 Å². The Bertz CT molecular complexity index is 381. The second-order valence-corrected chi connectivity index (χ2v) is 4.63. The zero-order chi connectivity index (χ0) is 11.1. The highest BCUT2D eigenvalue weighted by atomic mass is 35.5. The summed E-state index contributed by atoms with van der Waals surface area (Å²) in [6.45, 7) is 1.79. The third kappa shape index (κ3) is 2.08. The fourth-order valence-electron chi connectivity index (χ4n) is 1.72. The van der Waals surface area contributed by atoms with Crippen molar-refractivity contribution < 1.29 is 9.50 Å². The Kier molecular flexibility index (Phi) is 2.61. The van der Waals surface area contributed by atoms with Crippen molar-refractivity contribution in [3.63, 3.8) is 0 Å². The van der Waals surface area contributed by atoms with Crippen molar-refractivity contribution in [2.75, 3.05) is 5.32 Å². The Labute approximate surface area is 93.1 Å². The van der Waals surface area contributed by atoms with E-state index in [4.69, 9.17) is 11.6 Å². The summed E-state index contributed by atoms with van der Waals surface area (Å²) in [6, 6.07) is 4.50. The highest BCUT2D eigenvalue weighted by Crippen LogP contribution is 2.34. The van der Waals surface area contributed by atoms with Crippen LogP contribution in [0, 0.1) is 5.82 Å². The van der Waals surface area contributed by atoms with Crippen LogP contribution in [0.5, 0.6) is 0 Å². The number of halogens is 2. The van der Waals surface area contributed by atoms with E-state index in [1.807, 2.05) is 0 Å². The third-order valence-electron chi connectivity index (χ3n) is 2.95. The molecule has 1 aromatic rings. The fourth-order valence-corrected chi connectivity index (χ4v) is 1.90. The first-order valence-corrected chi connectivity index (χ1v) is 5.31. The van der Waals surface area contributed by atoms with Crippen molar-refractivity contribution in [1.82, 2.24) is 0 Å². The van der Waals surface area contributed by atoms with Crippen molar-refractivity contribution in [3.8, 4) is 0 Å². The monoisotopic (exact) mass is 229 g/mol. The van der Waals surface area contributed by atoms with Gasteiger partial charge in [0.2, 0.25) is 0 Å². The molecule has 0 radical (unpaired) electrons. The van der Waals surface area contributed by atoms with Crippen molar-refractivity contribution >= 4 is 17.3 Å². The number of rotatable bonds is 2. The highest BCUT2D eigenvalue weighted by molar-refractivity contribution is 6.31. The molecule has 15 heavy (non-hydrogen) atoms. The van der Waals surface area contributed by atoms with Crippen LogP contribution < -0.4 is 5.32 Å². The van der Waals surface area contributed by atoms with Crippen LogP contribution in [0.2, 0.25) is 5.02 Å². The van der Waals surface area contributed by atoms with Gasteiger partial charge in [-0.1, -0.05) is 11.6 Å². The van der Waals surface area contributed by atoms with E-state index in [2.05, 4.69) is 5.32 Å². The van der Waals surface area contributed by atoms with E-state index in [-0.39, 0.29) is 11.1 Å². The minimum absolute atomic E-state index is 0.0269. The maximum absolute atomic E-state index is 12.9. The molecule has 1 aliphatic carbocycles. The molecule has 1 saturated carbocycles. The van der Waals surface area contributed by atoms with Crippen molar-refractivity contribution in [1.29, 1.82) is 0 Å². The smallest absolute Gasteiger partial charge is 0.141 e. The van der Waals surface area contributed by atoms with Gasteiger partial charge in [-0.05, 0) is 38.0 Å². The van der Waals surface area contributed by atoms with Crippen LogP contribution >= 0.6 is 11.6 Å². The van der Waals surface area contributed by atoms with E-state index in [1.165, 1.54) is 12.1 Å². The number of nitrogens with one attached hydrogen (secondary N) is 1. The minimum Gasteiger partial charge on any atom is -0.388 e. The lowest BCUT2D eigenvalue weighted by molar-refractivity contribution is -0.0286. The summed E-state index contributed by atoms with van der Waals surface area (Å²) in [4.78, 5) is 0. The molecule has 0 aromatic heterocycles. The number of aliphatic hydroxyl groups is 1. The molecule has 0 aliphatic heterocycles. The van der Waals surface area contributed by atoms with Gasteiger partial charge in [0, 0.05) is 5.69 Å². The molecule has 1 aliphatic rings. The Balaban J connectivity index is 2.08. The van der Waals surface area contributed by atoms with E-state index < -0.39 is 11.4 Å². The van der Waals surface area contributed by atoms with E-state index in [9.17, 15) is 9.50 Å². The predicted molar refractivity (Wildman–Crippen MR) is 58.7 cm³/mol. The first kappa shape index (κ1) is 10.7. The summed E-state index contributed by atoms with van der Waals surface area (Å²) in [7, 11) is 0. The molecular weight excluding hydrogens is 217 g/mol. The molecule has 0 amide bonds. The molecule has 0 spiro atoms. The number of hydrogen-bond acceptors (Lipinski definition) is 2. The van der Waals surface area contributed by atoms with Gasteiger partial charge in [0.15, 0.2) is 0 Å². The largest absolute Gasteiger partial charge is 0.388 e. The molecule has 1 aromatic carbocycles. The Morgan fingerprint density at radius 3 is 2.80 bits per heavy atom. The SMILES string of the molecule is C[C@]1(O)CC[C@@H]1Nc1ccc(F)c(Cl)c1. The van der Waals surface area contributed by atoms with Crippen LogP contribution in [0.15, 0.2) is 18.2 Å². The van der Waals surface area contributed by atoms with E-state index in [0.717, 1.165) is 18.5 Å². The summed E-state index contributed by atoms with van der Waals surface area (Å²) in [5, 5.41) is 13.0. The van der Waals surface area contributed by atoms with Crippen LogP contribution in [0.3, 0.4) is 0 Å². The molecule has 0 unspecified atom stereocenters. The second kappa shape index (κ2) is 3.65. The van der Waals surface area contributed by atoms with Gasteiger partial charge < -0.3 is 10.4 Å². The van der Waals surface area contributed by atoms with Gasteiger partial charge >= 0.3 is 0 Å². The van der Waals surface area contributed by atoms with Crippen LogP contribution in [0.25, 0.3) is 0 Å². The van der Waals surface area contributed by atoms with Crippen LogP contribution in [0.1, 0.15) is 19.8 Å². The summed E-state index contributed by atoms with van der Waals surface area (Å²) < 4.78 is 12.9. The number of hydrogen-bond donors (Lipinski definition) is 2. The third-order valence-corrected chi connectivity index (χ3v) is 3.24. The Morgan fingerprint density at radius 2 is 2.33 bits per heavy atom. The zero-order valence-corrected chi connectivity index (χ0v) is 9.18. The Hall–Kier alpha value is -0.800. The predicted octanol–water partition coefficient (Wildman–Crippen LogP) is 2.80. The minimum atomic E-state index is -0.666. The first-order valence-electron chi connectivity index (χ1n) is 4.93. The molecule has 0 heterocycles. The second-order valence-electron chi connectivity index (χ2n) is 4.22. The molecule has 82 valence electrons. The molecule has 2 N–H and O–H groups in total. The van der Waals surface area contributed by atoms with Gasteiger partial charge in [-0.25, -0.2) is 4.39 Å². The van der Waals surface area contributed by atoms with Gasteiger partial charge in [-0.3, -0.25) is 0 Å². The zero-order valence-electron chi connectivity index (χ0n) is 8.43. The molecule has 1 fully saturated rings. The summed E-state index contributed by atoms with van der Waals surface area (Å²) in [5.74, 6) is -0.428. The van der Waals surface area contributed by atoms with E-state index in [1.54, 1.807) is 13.0 Å². The van der Waals surface area contributed by atoms with E-state index >= 15 is 0 Å². The lowest BCUT2D eigenvalue weighted by Gasteiger charge is -2.43. The number of benzene rings is 1. The van der Waals surface area contributed by atoms with Gasteiger partial charge in [-0.2, -0.15) is 0 Å². The average molecular weight is 230 g/mol. The Morgan fingerprint density at radius 1 is 1.60 bits per heavy atom. The molecule has 4 heteroatoms. The van der Waals surface area contributed by atoms with Crippen molar-refractivity contribution in [3.05, 3.63) is 29.0 Å². The maximum atomic E-state index is 12.9. The molecule has 2 rings (SSSR count). The quantitative estimate of drug-likeness (QED) is 0.818. The highest BCUT2D eigenvalue weighted by Gasteiger charge is 2.40. The standard InChI is InChI=1S/C11H13ClFNO/c1-11(15)5-4-10(11)14-7-2-3-9(13)8(12)6-7/h2-3,6,10,14-15H,4-5H2,1H3/t10-,11-/m0/s1. The summed E-state index contributed by atoms with van der Waals surface area (Å²) in [5.41, 5.74) is 0.0762. The van der Waals surface area contributed by atoms with Crippen molar-refractivity contribution in [2.45, 2.75) is 31.4 Å². The molecule has 0 bridgehead atoms. The number of anilines is 1. The van der Waals surface area contributed by atoms with Gasteiger partial charge in [0.05, 0.1) is 16.7 Å². The summed E-state index contributed by atoms with van der Waals surface area (Å²) >= 11 is 5.65. The molecular formula is C11H13ClFNO. The van der Waals surface area contributed by atoms with Gasteiger partial charge in [-0.15, -0.1) is 0 Å². The van der Waals surface area contributed by atoms with Crippen molar-refractivity contribution in [2.24, 2.45) is 0 Å².